The van der Waals surface area contributed by atoms with Crippen LogP contribution in [0.25, 0.3) is 10.8 Å². The SMILES string of the molecule is CC(C)(C)[Si](C)(C)Cl.CC(C)(C)[Si](C)(C)OC[C@@H]1CCC(=O)C1.CN1CCN(CCC[C@@H](COC(=O)Nc2cc3ccccc3cn2)N(C)C(=O)CCc2cccc(F)c2Cl)CC1.O=C1CC[C@@H](CO)C1.S.S.S. The van der Waals surface area contributed by atoms with Crippen molar-refractivity contribution in [2.75, 3.05) is 72.0 Å². The van der Waals surface area contributed by atoms with Gasteiger partial charge in [0.15, 0.2) is 15.7 Å². The Morgan fingerprint density at radius 2 is 1.46 bits per heavy atom. The first kappa shape index (κ1) is 71.8. The molecule has 2 heterocycles. The third-order valence-corrected chi connectivity index (χ3v) is 24.9. The Morgan fingerprint density at radius 1 is 0.892 bits per heavy atom. The predicted molar refractivity (Wildman–Crippen MR) is 325 cm³/mol. The van der Waals surface area contributed by atoms with E-state index in [0.29, 0.717) is 59.6 Å². The summed E-state index contributed by atoms with van der Waals surface area (Å²) < 4.78 is 25.5. The molecule has 3 fully saturated rings. The topological polar surface area (TPSA) is 142 Å². The zero-order valence-corrected chi connectivity index (χ0v) is 53.0. The Kier molecular flexibility index (Phi) is 32.9. The van der Waals surface area contributed by atoms with E-state index in [1.54, 1.807) is 36.3 Å². The molecule has 0 radical (unpaired) electrons. The van der Waals surface area contributed by atoms with Crippen molar-refractivity contribution in [1.82, 2.24) is 19.7 Å². The summed E-state index contributed by atoms with van der Waals surface area (Å²) in [4.78, 5) is 58.1. The van der Waals surface area contributed by atoms with Crippen LogP contribution in [-0.4, -0.2) is 137 Å². The van der Waals surface area contributed by atoms with Crippen LogP contribution in [-0.2, 0) is 30.0 Å². The van der Waals surface area contributed by atoms with Gasteiger partial charge in [-0.15, -0.1) is 0 Å². The number of hydrogen-bond acceptors (Lipinski definition) is 10. The van der Waals surface area contributed by atoms with Crippen molar-refractivity contribution < 1.29 is 37.8 Å². The van der Waals surface area contributed by atoms with Crippen molar-refractivity contribution in [1.29, 1.82) is 0 Å². The van der Waals surface area contributed by atoms with Crippen LogP contribution in [0.1, 0.15) is 105 Å². The lowest BCUT2D eigenvalue weighted by molar-refractivity contribution is -0.133. The fourth-order valence-corrected chi connectivity index (χ4v) is 8.77. The van der Waals surface area contributed by atoms with Gasteiger partial charge in [0.05, 0.1) is 11.1 Å². The molecule has 1 aromatic heterocycles. The molecule has 3 atom stereocenters. The number of halogens is 3. The fourth-order valence-electron chi connectivity index (χ4n) is 7.46. The number of benzene rings is 2. The lowest BCUT2D eigenvalue weighted by Gasteiger charge is -2.36. The molecule has 20 heteroatoms. The van der Waals surface area contributed by atoms with Gasteiger partial charge in [-0.1, -0.05) is 103 Å². The van der Waals surface area contributed by atoms with Gasteiger partial charge >= 0.3 is 6.09 Å². The summed E-state index contributed by atoms with van der Waals surface area (Å²) in [6, 6.07) is 13.8. The highest BCUT2D eigenvalue weighted by Gasteiger charge is 2.38. The molecule has 74 heavy (non-hydrogen) atoms. The number of aliphatic hydroxyl groups excluding tert-OH is 1. The molecule has 422 valence electrons. The minimum Gasteiger partial charge on any atom is -0.447 e. The molecular weight excluding hydrogens is 1070 g/mol. The first-order valence-electron chi connectivity index (χ1n) is 25.4. The molecule has 2 saturated carbocycles. The normalized spacial score (nSPS) is 17.6. The molecule has 1 saturated heterocycles. The maximum Gasteiger partial charge on any atom is 0.412 e. The van der Waals surface area contributed by atoms with Crippen molar-refractivity contribution in [3.05, 3.63) is 71.1 Å². The van der Waals surface area contributed by atoms with E-state index in [2.05, 4.69) is 94.9 Å². The van der Waals surface area contributed by atoms with Gasteiger partial charge in [0.25, 0.3) is 0 Å². The minimum atomic E-state index is -1.61. The van der Waals surface area contributed by atoms with E-state index in [-0.39, 0.29) is 88.0 Å². The number of nitrogens with zero attached hydrogens (tertiary/aromatic N) is 4. The summed E-state index contributed by atoms with van der Waals surface area (Å²) in [7, 11) is 0.858. The van der Waals surface area contributed by atoms with E-state index in [9.17, 15) is 23.6 Å². The van der Waals surface area contributed by atoms with Crippen LogP contribution >= 0.6 is 63.2 Å². The molecule has 3 aromatic rings. The predicted octanol–water partition coefficient (Wildman–Crippen LogP) is 12.4. The second-order valence-corrected chi connectivity index (χ2v) is 35.0. The molecular formula is C54H92Cl2FN5O7S3Si2. The zero-order chi connectivity index (χ0) is 53.2. The standard InChI is InChI=1S/C30H37ClFN5O3.C12H24O2Si.C6H15ClSi.C6H10O2.3H2S/c1-35-15-17-37(18-16-35)14-6-10-25(36(2)28(38)13-12-22-9-5-11-26(32)29(22)31)21-40-30(39)34-27-19-23-7-3-4-8-24(23)20-33-27;1-12(2,3)15(4,5)14-9-10-6-7-11(13)8-10;1-6(2,3)8(4,5)7;7-4-5-1-2-6(8)3-5;;;/h3-5,7-9,11,19-20,25H,6,10,12-18,21H2,1-2H3,(H,33,34,39);10H,6-9H2,1-5H3;1-5H3;5,7H,1-4H2;3*1H2/t25-;10-;;5-;;;/m01.1.../s1. The van der Waals surface area contributed by atoms with Crippen molar-refractivity contribution in [2.24, 2.45) is 11.8 Å². The number of carbonyl (C=O) groups excluding carboxylic acids is 4. The van der Waals surface area contributed by atoms with Crippen LogP contribution < -0.4 is 5.32 Å². The van der Waals surface area contributed by atoms with Crippen molar-refractivity contribution >= 4 is 119 Å². The molecule has 12 nitrogen and oxygen atoms in total. The molecule has 2 aromatic carbocycles. The van der Waals surface area contributed by atoms with Gasteiger partial charge in [0, 0.05) is 90.1 Å². The summed E-state index contributed by atoms with van der Waals surface area (Å²) in [5.74, 6) is 1.27. The molecule has 6 rings (SSSR count). The number of ketones is 2. The number of pyridine rings is 1. The van der Waals surface area contributed by atoms with Crippen molar-refractivity contribution in [3.8, 4) is 0 Å². The molecule has 2 aliphatic carbocycles. The monoisotopic (exact) mass is 1160 g/mol. The van der Waals surface area contributed by atoms with E-state index in [1.807, 2.05) is 24.3 Å². The number of Topliss-reactive ketones (excluding diaryl/α,β-unsaturated/α-hetero) is 2. The van der Waals surface area contributed by atoms with Crippen LogP contribution in [0, 0.1) is 17.7 Å². The smallest absolute Gasteiger partial charge is 0.412 e. The zero-order valence-electron chi connectivity index (χ0n) is 46.5. The summed E-state index contributed by atoms with van der Waals surface area (Å²) >= 11 is 12.2. The third-order valence-electron chi connectivity index (χ3n) is 14.7. The molecule has 0 unspecified atom stereocenters. The average Bonchev–Trinajstić information content (AvgIpc) is 3.94. The minimum absolute atomic E-state index is 0. The maximum absolute atomic E-state index is 13.8. The molecule has 0 spiro atoms. The number of aryl methyl sites for hydroxylation is 1. The lowest BCUT2D eigenvalue weighted by atomic mass is 10.1. The number of hydrogen-bond donors (Lipinski definition) is 2. The van der Waals surface area contributed by atoms with Gasteiger partial charge < -0.3 is 29.0 Å². The van der Waals surface area contributed by atoms with Crippen LogP contribution in [0.4, 0.5) is 15.0 Å². The summed E-state index contributed by atoms with van der Waals surface area (Å²) in [6.45, 7) is 28.3. The lowest BCUT2D eigenvalue weighted by Crippen LogP contribution is -2.45. The number of rotatable bonds is 15. The first-order valence-corrected chi connectivity index (χ1v) is 32.7. The summed E-state index contributed by atoms with van der Waals surface area (Å²) in [5, 5.41) is 13.8. The number of carbonyl (C=O) groups is 4. The van der Waals surface area contributed by atoms with Gasteiger partial charge in [0.1, 0.15) is 29.8 Å². The average molecular weight is 1170 g/mol. The second kappa shape index (κ2) is 33.9. The second-order valence-electron chi connectivity index (χ2n) is 22.6. The van der Waals surface area contributed by atoms with Gasteiger partial charge in [-0.25, -0.2) is 14.2 Å². The molecule has 3 aliphatic rings. The van der Waals surface area contributed by atoms with E-state index < -0.39 is 27.6 Å². The van der Waals surface area contributed by atoms with Gasteiger partial charge in [-0.3, -0.25) is 19.7 Å². The van der Waals surface area contributed by atoms with Crippen LogP contribution in [0.5, 0.6) is 0 Å². The van der Waals surface area contributed by atoms with E-state index >= 15 is 0 Å². The summed E-state index contributed by atoms with van der Waals surface area (Å²) in [5.41, 5.74) is 0.591. The molecule has 2 N–H and O–H groups in total. The number of nitrogens with one attached hydrogen (secondary N) is 1. The van der Waals surface area contributed by atoms with Gasteiger partial charge in [-0.05, 0) is 104 Å². The molecule has 0 bridgehead atoms. The van der Waals surface area contributed by atoms with Gasteiger partial charge in [-0.2, -0.15) is 51.6 Å². The highest BCUT2D eigenvalue weighted by molar-refractivity contribution is 7.59. The Bertz CT molecular complexity index is 2160. The van der Waals surface area contributed by atoms with E-state index in [4.69, 9.17) is 36.9 Å². The Hall–Kier alpha value is -2.24. The first-order chi connectivity index (χ1) is 33.1. The van der Waals surface area contributed by atoms with E-state index in [0.717, 1.165) is 82.2 Å². The van der Waals surface area contributed by atoms with Crippen molar-refractivity contribution in [3.63, 3.8) is 0 Å². The number of likely N-dealkylation sites (N-methyl/N-ethyl adjacent to an activating group) is 2. The van der Waals surface area contributed by atoms with Crippen LogP contribution in [0.2, 0.25) is 41.3 Å². The highest BCUT2D eigenvalue weighted by Crippen LogP contribution is 2.39. The maximum atomic E-state index is 13.8. The highest BCUT2D eigenvalue weighted by atomic mass is 35.6. The van der Waals surface area contributed by atoms with Crippen LogP contribution in [0.15, 0.2) is 54.7 Å². The Labute approximate surface area is 476 Å². The number of fused-ring (bicyclic) bond motifs is 1. The van der Waals surface area contributed by atoms with Crippen molar-refractivity contribution in [2.45, 2.75) is 148 Å². The number of amides is 2. The quantitative estimate of drug-likeness (QED) is 0.112. The fraction of sp³-hybridized carbons (Fsp3) is 0.648. The largest absolute Gasteiger partial charge is 0.447 e. The van der Waals surface area contributed by atoms with E-state index in [1.165, 1.54) is 6.07 Å². The summed E-state index contributed by atoms with van der Waals surface area (Å²) in [6.07, 6.45) is 7.84. The molecule has 1 aliphatic heterocycles. The Morgan fingerprint density at radius 3 is 1.97 bits per heavy atom. The number of aromatic nitrogens is 1. The number of aliphatic hydroxyl groups is 1. The number of ether oxygens (including phenoxy) is 1. The van der Waals surface area contributed by atoms with Gasteiger partial charge in [0.2, 0.25) is 5.91 Å². The van der Waals surface area contributed by atoms with Crippen LogP contribution in [0.3, 0.4) is 0 Å². The number of piperazine rings is 1. The molecule has 2 amide bonds. The third kappa shape index (κ3) is 25.5. The number of anilines is 1. The Balaban J connectivity index is 0.00000127.